The summed E-state index contributed by atoms with van der Waals surface area (Å²) in [6.07, 6.45) is 15.5. The first-order chi connectivity index (χ1) is 11.3. The molecule has 4 heteroatoms. The van der Waals surface area contributed by atoms with E-state index in [0.29, 0.717) is 13.1 Å². The Labute approximate surface area is 176 Å². The molecule has 0 amide bonds. The summed E-state index contributed by atoms with van der Waals surface area (Å²) in [5.74, 6) is 0. The standard InChI is InChI=1S/2C8H18N.C5H5.ClH.V/c2*1-2-3-4-5-6-7-8-9;1-2-4-5-3-1;;/h2*9H,2-8H2,1H3;1-5H;1H;/q3*-1;;+4/p-1. The summed E-state index contributed by atoms with van der Waals surface area (Å²) >= 11 is 0. The van der Waals surface area contributed by atoms with E-state index in [0.717, 1.165) is 12.8 Å². The number of nitrogens with one attached hydrogen (secondary N) is 2. The largest absolute Gasteiger partial charge is 4.00 e. The van der Waals surface area contributed by atoms with Gasteiger partial charge in [-0.05, 0) is 0 Å². The Morgan fingerprint density at radius 2 is 0.920 bits per heavy atom. The molecule has 0 aliphatic rings. The molecule has 0 unspecified atom stereocenters. The first kappa shape index (κ1) is 32.8. The van der Waals surface area contributed by atoms with E-state index >= 15 is 0 Å². The van der Waals surface area contributed by atoms with Crippen molar-refractivity contribution < 1.29 is 31.0 Å². The van der Waals surface area contributed by atoms with Crippen LogP contribution in [-0.2, 0) is 18.6 Å². The average Bonchev–Trinajstić information content (AvgIpc) is 3.15. The molecule has 1 radical (unpaired) electrons. The first-order valence-electron chi connectivity index (χ1n) is 9.79. The molecule has 1 aromatic rings. The Hall–Kier alpha value is 0.144. The molecule has 0 aliphatic heterocycles. The molecule has 1 aromatic carbocycles. The number of halogens is 1. The Kier molecular flexibility index (Phi) is 46.3. The summed E-state index contributed by atoms with van der Waals surface area (Å²) < 4.78 is 0. The summed E-state index contributed by atoms with van der Waals surface area (Å²) in [5.41, 5.74) is 13.8. The maximum atomic E-state index is 6.88. The van der Waals surface area contributed by atoms with Crippen LogP contribution in [0.2, 0.25) is 0 Å². The van der Waals surface area contributed by atoms with E-state index in [1.54, 1.807) is 0 Å². The van der Waals surface area contributed by atoms with Crippen molar-refractivity contribution in [2.45, 2.75) is 90.9 Å². The topological polar surface area (TPSA) is 47.6 Å². The zero-order valence-electron chi connectivity index (χ0n) is 16.6. The summed E-state index contributed by atoms with van der Waals surface area (Å²) in [4.78, 5) is 0. The second-order valence-corrected chi connectivity index (χ2v) is 6.00. The van der Waals surface area contributed by atoms with E-state index in [-0.39, 0.29) is 31.0 Å². The molecular weight excluding hydrogens is 367 g/mol. The second kappa shape index (κ2) is 35.3. The van der Waals surface area contributed by atoms with Gasteiger partial charge in [0.1, 0.15) is 0 Å². The van der Waals surface area contributed by atoms with Crippen LogP contribution < -0.4 is 12.4 Å². The molecule has 2 nitrogen and oxygen atoms in total. The minimum absolute atomic E-state index is 0. The van der Waals surface area contributed by atoms with E-state index in [4.69, 9.17) is 11.5 Å². The van der Waals surface area contributed by atoms with Gasteiger partial charge in [-0.2, -0.15) is 31.3 Å². The molecule has 0 saturated heterocycles. The van der Waals surface area contributed by atoms with Gasteiger partial charge < -0.3 is 23.9 Å². The molecule has 0 spiro atoms. The minimum Gasteiger partial charge on any atom is -1.00 e. The van der Waals surface area contributed by atoms with E-state index in [9.17, 15) is 0 Å². The van der Waals surface area contributed by atoms with Gasteiger partial charge in [0.05, 0.1) is 0 Å². The number of hydrogen-bond acceptors (Lipinski definition) is 0. The van der Waals surface area contributed by atoms with Gasteiger partial charge in [0.25, 0.3) is 0 Å². The average molecular weight is 408 g/mol. The van der Waals surface area contributed by atoms with E-state index in [2.05, 4.69) is 13.8 Å². The van der Waals surface area contributed by atoms with E-state index < -0.39 is 0 Å². The molecular formula is C21H41ClN2V. The molecule has 147 valence electrons. The maximum Gasteiger partial charge on any atom is 4.00 e. The zero-order chi connectivity index (χ0) is 17.4. The monoisotopic (exact) mass is 407 g/mol. The van der Waals surface area contributed by atoms with Gasteiger partial charge in [-0.1, -0.05) is 90.9 Å². The van der Waals surface area contributed by atoms with Crippen molar-refractivity contribution in [3.8, 4) is 0 Å². The van der Waals surface area contributed by atoms with Crippen LogP contribution in [-0.4, -0.2) is 13.1 Å². The number of unbranched alkanes of at least 4 members (excludes halogenated alkanes) is 10. The molecule has 0 atom stereocenters. The normalized spacial score (nSPS) is 8.80. The molecule has 0 fully saturated rings. The quantitative estimate of drug-likeness (QED) is 0.337. The molecule has 0 saturated carbocycles. The first-order valence-corrected chi connectivity index (χ1v) is 9.79. The van der Waals surface area contributed by atoms with Crippen molar-refractivity contribution in [3.05, 3.63) is 41.8 Å². The number of rotatable bonds is 12. The molecule has 1 rings (SSSR count). The van der Waals surface area contributed by atoms with Crippen molar-refractivity contribution in [3.63, 3.8) is 0 Å². The fourth-order valence-electron chi connectivity index (χ4n) is 2.13. The van der Waals surface area contributed by atoms with Gasteiger partial charge in [0.2, 0.25) is 0 Å². The molecule has 0 bridgehead atoms. The van der Waals surface area contributed by atoms with Crippen molar-refractivity contribution in [2.75, 3.05) is 13.1 Å². The molecule has 2 N–H and O–H groups in total. The predicted octanol–water partition coefficient (Wildman–Crippen LogP) is 5.21. The van der Waals surface area contributed by atoms with Gasteiger partial charge in [-0.15, -0.1) is 0 Å². The van der Waals surface area contributed by atoms with Crippen molar-refractivity contribution in [2.24, 2.45) is 0 Å². The summed E-state index contributed by atoms with van der Waals surface area (Å²) in [6, 6.07) is 10.0. The van der Waals surface area contributed by atoms with Crippen LogP contribution in [0, 0.1) is 0 Å². The SMILES string of the molecule is CCCCCCCC[NH-].CCCCCCCC[NH-].[Cl-].[V+4].c1cc[cH-]c1. The fraction of sp³-hybridized carbons (Fsp3) is 0.762. The molecule has 25 heavy (non-hydrogen) atoms. The maximum absolute atomic E-state index is 6.88. The van der Waals surface area contributed by atoms with E-state index in [1.165, 1.54) is 64.2 Å². The zero-order valence-corrected chi connectivity index (χ0v) is 18.8. The third-order valence-corrected chi connectivity index (χ3v) is 3.62. The molecule has 0 heterocycles. The van der Waals surface area contributed by atoms with Crippen LogP contribution in [0.3, 0.4) is 0 Å². The predicted molar refractivity (Wildman–Crippen MR) is 107 cm³/mol. The second-order valence-electron chi connectivity index (χ2n) is 6.00. The summed E-state index contributed by atoms with van der Waals surface area (Å²) in [6.45, 7) is 5.69. The third kappa shape index (κ3) is 40.3. The van der Waals surface area contributed by atoms with E-state index in [1.807, 2.05) is 30.3 Å². The van der Waals surface area contributed by atoms with Gasteiger partial charge >= 0.3 is 18.6 Å². The number of hydrogen-bond donors (Lipinski definition) is 0. The minimum atomic E-state index is 0. The smallest absolute Gasteiger partial charge is 1.00 e. The molecule has 0 aromatic heterocycles. The van der Waals surface area contributed by atoms with Gasteiger partial charge in [-0.25, -0.2) is 12.1 Å². The van der Waals surface area contributed by atoms with Crippen LogP contribution in [0.4, 0.5) is 0 Å². The Morgan fingerprint density at radius 3 is 1.16 bits per heavy atom. The van der Waals surface area contributed by atoms with Crippen molar-refractivity contribution >= 4 is 0 Å². The van der Waals surface area contributed by atoms with Crippen LogP contribution in [0.15, 0.2) is 30.3 Å². The Balaban J connectivity index is -0.000000131. The fourth-order valence-corrected chi connectivity index (χ4v) is 2.13. The molecule has 0 aliphatic carbocycles. The summed E-state index contributed by atoms with van der Waals surface area (Å²) in [5, 5.41) is 0. The van der Waals surface area contributed by atoms with Crippen molar-refractivity contribution in [1.29, 1.82) is 0 Å². The Morgan fingerprint density at radius 1 is 0.600 bits per heavy atom. The van der Waals surface area contributed by atoms with Crippen LogP contribution in [0.1, 0.15) is 90.9 Å². The summed E-state index contributed by atoms with van der Waals surface area (Å²) in [7, 11) is 0. The van der Waals surface area contributed by atoms with Crippen LogP contribution >= 0.6 is 0 Å². The van der Waals surface area contributed by atoms with Crippen LogP contribution in [0.5, 0.6) is 0 Å². The third-order valence-electron chi connectivity index (χ3n) is 3.62. The van der Waals surface area contributed by atoms with Gasteiger partial charge in [0.15, 0.2) is 0 Å². The van der Waals surface area contributed by atoms with Gasteiger partial charge in [-0.3, -0.25) is 0 Å². The van der Waals surface area contributed by atoms with Crippen molar-refractivity contribution in [1.82, 2.24) is 0 Å². The van der Waals surface area contributed by atoms with Gasteiger partial charge in [0, 0.05) is 0 Å². The Bertz CT molecular complexity index is 213. The van der Waals surface area contributed by atoms with Crippen LogP contribution in [0.25, 0.3) is 11.5 Å².